The van der Waals surface area contributed by atoms with Crippen molar-refractivity contribution in [3.8, 4) is 5.75 Å². The highest BCUT2D eigenvalue weighted by molar-refractivity contribution is 5.87. The fourth-order valence-electron chi connectivity index (χ4n) is 2.73. The smallest absolute Gasteiger partial charge is 0.240 e. The lowest BCUT2D eigenvalue weighted by atomic mass is 9.98. The Kier molecular flexibility index (Phi) is 10.2. The van der Waals surface area contributed by atoms with Crippen LogP contribution in [0.25, 0.3) is 0 Å². The average molecular weight is 420 g/mol. The molecule has 158 valence electrons. The molecule has 0 saturated heterocycles. The third-order valence-corrected chi connectivity index (χ3v) is 4.41. The quantitative estimate of drug-likeness (QED) is 0.582. The van der Waals surface area contributed by atoms with Crippen LogP contribution in [0.3, 0.4) is 0 Å². The minimum Gasteiger partial charge on any atom is -0.494 e. The number of carbonyl (C=O) groups is 2. The van der Waals surface area contributed by atoms with Gasteiger partial charge < -0.3 is 21.1 Å². The molecule has 0 aliphatic heterocycles. The summed E-state index contributed by atoms with van der Waals surface area (Å²) >= 11 is 0. The lowest BCUT2D eigenvalue weighted by Crippen LogP contribution is -2.47. The van der Waals surface area contributed by atoms with Gasteiger partial charge in [0.05, 0.1) is 25.2 Å². The molecule has 0 fully saturated rings. The summed E-state index contributed by atoms with van der Waals surface area (Å²) in [5.41, 5.74) is 7.69. The van der Waals surface area contributed by atoms with Crippen LogP contribution in [-0.4, -0.2) is 31.0 Å². The monoisotopic (exact) mass is 419 g/mol. The molecule has 2 aromatic rings. The zero-order chi connectivity index (χ0) is 20.5. The zero-order valence-corrected chi connectivity index (χ0v) is 17.9. The van der Waals surface area contributed by atoms with E-state index in [4.69, 9.17) is 10.5 Å². The zero-order valence-electron chi connectivity index (χ0n) is 17.1. The van der Waals surface area contributed by atoms with Crippen LogP contribution >= 0.6 is 12.4 Å². The summed E-state index contributed by atoms with van der Waals surface area (Å²) in [6.45, 7) is 6.12. The number of rotatable bonds is 9. The molecule has 0 aliphatic carbocycles. The summed E-state index contributed by atoms with van der Waals surface area (Å²) in [5, 5.41) is 5.59. The van der Waals surface area contributed by atoms with Gasteiger partial charge in [-0.05, 0) is 36.1 Å². The summed E-state index contributed by atoms with van der Waals surface area (Å²) in [7, 11) is 0. The van der Waals surface area contributed by atoms with Crippen molar-refractivity contribution in [1.82, 2.24) is 10.6 Å². The first-order valence-electron chi connectivity index (χ1n) is 9.52. The lowest BCUT2D eigenvalue weighted by Gasteiger charge is -2.21. The van der Waals surface area contributed by atoms with Gasteiger partial charge in [0.2, 0.25) is 11.8 Å². The molecule has 7 heteroatoms. The Morgan fingerprint density at radius 2 is 1.59 bits per heavy atom. The summed E-state index contributed by atoms with van der Waals surface area (Å²) in [4.78, 5) is 24.5. The highest BCUT2D eigenvalue weighted by Gasteiger charge is 2.20. The van der Waals surface area contributed by atoms with Crippen molar-refractivity contribution in [2.75, 3.05) is 13.2 Å². The standard InChI is InChI=1S/C22H29N3O3.ClH/c1-4-28-18-12-10-17(11-13-18)21(16-8-6-5-7-9-16)25-19(26)14-24-22(27)20(23)15(2)3;/h5-13,15,20-21H,4,14,23H2,1-3H3,(H,24,27)(H,25,26);1H/t20-,21?;/m0./s1. The van der Waals surface area contributed by atoms with Crippen molar-refractivity contribution in [3.05, 3.63) is 65.7 Å². The highest BCUT2D eigenvalue weighted by Crippen LogP contribution is 2.24. The number of amides is 2. The first-order valence-corrected chi connectivity index (χ1v) is 9.52. The van der Waals surface area contributed by atoms with Gasteiger partial charge in [0, 0.05) is 0 Å². The molecule has 4 N–H and O–H groups in total. The first-order chi connectivity index (χ1) is 13.4. The number of hydrogen-bond donors (Lipinski definition) is 3. The summed E-state index contributed by atoms with van der Waals surface area (Å²) < 4.78 is 5.49. The minimum absolute atomic E-state index is 0. The third kappa shape index (κ3) is 7.40. The molecule has 2 aromatic carbocycles. The van der Waals surface area contributed by atoms with Gasteiger partial charge in [-0.25, -0.2) is 0 Å². The van der Waals surface area contributed by atoms with Crippen LogP contribution in [0.4, 0.5) is 0 Å². The van der Waals surface area contributed by atoms with E-state index in [0.29, 0.717) is 6.61 Å². The number of benzene rings is 2. The van der Waals surface area contributed by atoms with E-state index < -0.39 is 6.04 Å². The van der Waals surface area contributed by atoms with Gasteiger partial charge in [-0.3, -0.25) is 9.59 Å². The Morgan fingerprint density at radius 3 is 2.14 bits per heavy atom. The fourth-order valence-corrected chi connectivity index (χ4v) is 2.73. The summed E-state index contributed by atoms with van der Waals surface area (Å²) in [5.74, 6) is 0.165. The predicted molar refractivity (Wildman–Crippen MR) is 117 cm³/mol. The van der Waals surface area contributed by atoms with Crippen molar-refractivity contribution >= 4 is 24.2 Å². The van der Waals surface area contributed by atoms with E-state index in [1.54, 1.807) is 0 Å². The van der Waals surface area contributed by atoms with Gasteiger partial charge in [0.15, 0.2) is 0 Å². The molecule has 2 amide bonds. The largest absolute Gasteiger partial charge is 0.494 e. The van der Waals surface area contributed by atoms with Crippen LogP contribution < -0.4 is 21.1 Å². The first kappa shape index (κ1) is 24.5. The molecule has 2 atom stereocenters. The number of ether oxygens (including phenoxy) is 1. The van der Waals surface area contributed by atoms with E-state index in [-0.39, 0.29) is 42.7 Å². The number of carbonyl (C=O) groups excluding carboxylic acids is 2. The van der Waals surface area contributed by atoms with E-state index in [2.05, 4.69) is 10.6 Å². The molecule has 0 saturated carbocycles. The fraction of sp³-hybridized carbons (Fsp3) is 0.364. The van der Waals surface area contributed by atoms with E-state index in [1.807, 2.05) is 75.4 Å². The van der Waals surface area contributed by atoms with Crippen LogP contribution in [0.2, 0.25) is 0 Å². The van der Waals surface area contributed by atoms with Crippen molar-refractivity contribution in [1.29, 1.82) is 0 Å². The minimum atomic E-state index is -0.635. The molecule has 0 aliphatic rings. The Bertz CT molecular complexity index is 767. The molecule has 2 rings (SSSR count). The molecule has 0 heterocycles. The van der Waals surface area contributed by atoms with Crippen molar-refractivity contribution in [3.63, 3.8) is 0 Å². The van der Waals surface area contributed by atoms with Crippen molar-refractivity contribution in [2.24, 2.45) is 11.7 Å². The SMILES string of the molecule is CCOc1ccc(C(NC(=O)CNC(=O)[C@@H](N)C(C)C)c2ccccc2)cc1.Cl. The topological polar surface area (TPSA) is 93.5 Å². The molecular weight excluding hydrogens is 390 g/mol. The molecule has 6 nitrogen and oxygen atoms in total. The Hall–Kier alpha value is -2.57. The lowest BCUT2D eigenvalue weighted by molar-refractivity contribution is -0.127. The Labute approximate surface area is 178 Å². The molecular formula is C22H30ClN3O3. The van der Waals surface area contributed by atoms with Gasteiger partial charge in [0.1, 0.15) is 5.75 Å². The number of nitrogens with one attached hydrogen (secondary N) is 2. The Balaban J connectivity index is 0.00000420. The van der Waals surface area contributed by atoms with E-state index in [0.717, 1.165) is 16.9 Å². The maximum atomic E-state index is 12.5. The number of hydrogen-bond acceptors (Lipinski definition) is 4. The van der Waals surface area contributed by atoms with Crippen molar-refractivity contribution < 1.29 is 14.3 Å². The van der Waals surface area contributed by atoms with Crippen LogP contribution in [0.15, 0.2) is 54.6 Å². The molecule has 0 radical (unpaired) electrons. The van der Waals surface area contributed by atoms with E-state index in [1.165, 1.54) is 0 Å². The van der Waals surface area contributed by atoms with Gasteiger partial charge in [-0.2, -0.15) is 0 Å². The van der Waals surface area contributed by atoms with Crippen LogP contribution in [0.5, 0.6) is 5.75 Å². The molecule has 29 heavy (non-hydrogen) atoms. The number of halogens is 1. The molecule has 0 aromatic heterocycles. The summed E-state index contributed by atoms with van der Waals surface area (Å²) in [6, 6.07) is 16.3. The second-order valence-corrected chi connectivity index (χ2v) is 6.90. The maximum absolute atomic E-state index is 12.5. The van der Waals surface area contributed by atoms with Crippen LogP contribution in [-0.2, 0) is 9.59 Å². The van der Waals surface area contributed by atoms with Crippen molar-refractivity contribution in [2.45, 2.75) is 32.9 Å². The van der Waals surface area contributed by atoms with Crippen LogP contribution in [0.1, 0.15) is 37.9 Å². The summed E-state index contributed by atoms with van der Waals surface area (Å²) in [6.07, 6.45) is 0. The van der Waals surface area contributed by atoms with Crippen LogP contribution in [0, 0.1) is 5.92 Å². The van der Waals surface area contributed by atoms with Gasteiger partial charge in [-0.1, -0.05) is 56.3 Å². The highest BCUT2D eigenvalue weighted by atomic mass is 35.5. The second kappa shape index (κ2) is 12.1. The average Bonchev–Trinajstić information content (AvgIpc) is 2.71. The Morgan fingerprint density at radius 1 is 1.00 bits per heavy atom. The normalized spacial score (nSPS) is 12.4. The van der Waals surface area contributed by atoms with E-state index >= 15 is 0 Å². The van der Waals surface area contributed by atoms with E-state index in [9.17, 15) is 9.59 Å². The molecule has 0 bridgehead atoms. The molecule has 1 unspecified atom stereocenters. The maximum Gasteiger partial charge on any atom is 0.240 e. The van der Waals surface area contributed by atoms with Gasteiger partial charge in [0.25, 0.3) is 0 Å². The predicted octanol–water partition coefficient (Wildman–Crippen LogP) is 2.81. The van der Waals surface area contributed by atoms with Gasteiger partial charge >= 0.3 is 0 Å². The third-order valence-electron chi connectivity index (χ3n) is 4.41. The molecule has 0 spiro atoms. The number of nitrogens with two attached hydrogens (primary N) is 1. The van der Waals surface area contributed by atoms with Gasteiger partial charge in [-0.15, -0.1) is 12.4 Å². The second-order valence-electron chi connectivity index (χ2n) is 6.90.